The molecule has 2 aliphatic carbocycles. The van der Waals surface area contributed by atoms with Crippen molar-refractivity contribution in [2.75, 3.05) is 19.0 Å². The van der Waals surface area contributed by atoms with E-state index in [1.54, 1.807) is 13.3 Å². The molecule has 0 bridgehead atoms. The average Bonchev–Trinajstić information content (AvgIpc) is 3.19. The van der Waals surface area contributed by atoms with Crippen molar-refractivity contribution < 1.29 is 4.74 Å². The van der Waals surface area contributed by atoms with Crippen LogP contribution < -0.4 is 10.9 Å². The van der Waals surface area contributed by atoms with Gasteiger partial charge in [0.25, 0.3) is 5.56 Å². The van der Waals surface area contributed by atoms with Gasteiger partial charge < -0.3 is 10.1 Å². The highest BCUT2D eigenvalue weighted by atomic mass is 35.5. The van der Waals surface area contributed by atoms with Gasteiger partial charge in [0, 0.05) is 20.2 Å². The molecule has 110 valence electrons. The van der Waals surface area contributed by atoms with Crippen LogP contribution in [0, 0.1) is 5.92 Å². The minimum Gasteiger partial charge on any atom is -0.376 e. The number of methoxy groups -OCH3 is 1. The van der Waals surface area contributed by atoms with E-state index >= 15 is 0 Å². The Morgan fingerprint density at radius 2 is 2.30 bits per heavy atom. The summed E-state index contributed by atoms with van der Waals surface area (Å²) in [6.07, 6.45) is 7.14. The van der Waals surface area contributed by atoms with E-state index in [1.165, 1.54) is 23.9 Å². The van der Waals surface area contributed by atoms with Crippen molar-refractivity contribution in [1.29, 1.82) is 0 Å². The lowest BCUT2D eigenvalue weighted by molar-refractivity contribution is -0.0601. The van der Waals surface area contributed by atoms with Gasteiger partial charge in [-0.25, -0.2) is 4.68 Å². The maximum atomic E-state index is 12.4. The van der Waals surface area contributed by atoms with E-state index in [0.717, 1.165) is 12.8 Å². The minimum atomic E-state index is -0.139. The molecule has 6 heteroatoms. The number of rotatable bonds is 6. The molecule has 5 nitrogen and oxygen atoms in total. The van der Waals surface area contributed by atoms with Crippen LogP contribution in [-0.4, -0.2) is 29.0 Å². The van der Waals surface area contributed by atoms with Crippen molar-refractivity contribution in [1.82, 2.24) is 9.78 Å². The van der Waals surface area contributed by atoms with E-state index in [4.69, 9.17) is 16.3 Å². The van der Waals surface area contributed by atoms with E-state index < -0.39 is 0 Å². The van der Waals surface area contributed by atoms with E-state index in [9.17, 15) is 4.79 Å². The van der Waals surface area contributed by atoms with Crippen LogP contribution in [0.4, 0.5) is 5.69 Å². The maximum Gasteiger partial charge on any atom is 0.291 e. The fraction of sp³-hybridized carbons (Fsp3) is 0.714. The van der Waals surface area contributed by atoms with Gasteiger partial charge in [-0.15, -0.1) is 0 Å². The van der Waals surface area contributed by atoms with Gasteiger partial charge in [-0.05, 0) is 38.0 Å². The van der Waals surface area contributed by atoms with Crippen LogP contribution >= 0.6 is 11.6 Å². The number of hydrogen-bond acceptors (Lipinski definition) is 4. The summed E-state index contributed by atoms with van der Waals surface area (Å²) in [6.45, 7) is 1.31. The second-order valence-electron chi connectivity index (χ2n) is 5.89. The summed E-state index contributed by atoms with van der Waals surface area (Å²) in [6, 6.07) is 0. The van der Waals surface area contributed by atoms with Crippen LogP contribution in [0.1, 0.15) is 32.1 Å². The van der Waals surface area contributed by atoms with Crippen LogP contribution in [0.5, 0.6) is 0 Å². The van der Waals surface area contributed by atoms with Gasteiger partial charge in [-0.3, -0.25) is 4.79 Å². The quantitative estimate of drug-likeness (QED) is 0.875. The largest absolute Gasteiger partial charge is 0.376 e. The first kappa shape index (κ1) is 13.9. The van der Waals surface area contributed by atoms with E-state index in [2.05, 4.69) is 10.4 Å². The number of aromatic nitrogens is 2. The number of hydrogen-bond donors (Lipinski definition) is 1. The predicted molar refractivity (Wildman–Crippen MR) is 78.3 cm³/mol. The molecule has 0 unspecified atom stereocenters. The maximum absolute atomic E-state index is 12.4. The molecule has 1 aromatic rings. The molecule has 2 fully saturated rings. The molecular formula is C14H20ClN3O2. The standard InChI is InChI=1S/C14H20ClN3O2/c1-20-14(5-2-6-14)9-16-12-11(15)7-17-18(13(12)19)8-10-3-4-10/h7,10,16H,2-6,8-9H2,1H3. The zero-order chi connectivity index (χ0) is 14.2. The van der Waals surface area contributed by atoms with Crippen molar-refractivity contribution in [3.8, 4) is 0 Å². The normalized spacial score (nSPS) is 20.5. The Labute approximate surface area is 123 Å². The first-order valence-electron chi connectivity index (χ1n) is 7.18. The zero-order valence-corrected chi connectivity index (χ0v) is 12.4. The number of nitrogens with zero attached hydrogens (tertiary/aromatic N) is 2. The highest BCUT2D eigenvalue weighted by Gasteiger charge is 2.37. The fourth-order valence-electron chi connectivity index (χ4n) is 2.58. The van der Waals surface area contributed by atoms with Gasteiger partial charge in [0.1, 0.15) is 5.69 Å². The smallest absolute Gasteiger partial charge is 0.291 e. The number of ether oxygens (including phenoxy) is 1. The minimum absolute atomic E-state index is 0.130. The van der Waals surface area contributed by atoms with Gasteiger partial charge in [0.05, 0.1) is 16.8 Å². The van der Waals surface area contributed by atoms with Crippen molar-refractivity contribution in [2.45, 2.75) is 44.2 Å². The summed E-state index contributed by atoms with van der Waals surface area (Å²) < 4.78 is 7.07. The van der Waals surface area contributed by atoms with Crippen LogP contribution in [0.15, 0.2) is 11.0 Å². The lowest BCUT2D eigenvalue weighted by Crippen LogP contribution is -2.46. The van der Waals surface area contributed by atoms with Gasteiger partial charge in [-0.2, -0.15) is 5.10 Å². The Balaban J connectivity index is 1.75. The Morgan fingerprint density at radius 1 is 1.55 bits per heavy atom. The Morgan fingerprint density at radius 3 is 2.85 bits per heavy atom. The molecule has 1 N–H and O–H groups in total. The van der Waals surface area contributed by atoms with Gasteiger partial charge in [-0.1, -0.05) is 11.6 Å². The van der Waals surface area contributed by atoms with Crippen LogP contribution in [0.25, 0.3) is 0 Å². The van der Waals surface area contributed by atoms with E-state index in [1.807, 2.05) is 0 Å². The molecule has 3 rings (SSSR count). The predicted octanol–water partition coefficient (Wildman–Crippen LogP) is 2.29. The third-order valence-corrected chi connectivity index (χ3v) is 4.70. The highest BCUT2D eigenvalue weighted by molar-refractivity contribution is 6.33. The molecule has 0 atom stereocenters. The SMILES string of the molecule is COC1(CNc2c(Cl)cnn(CC3CC3)c2=O)CCC1. The van der Waals surface area contributed by atoms with Crippen LogP contribution in [-0.2, 0) is 11.3 Å². The molecule has 2 aliphatic rings. The Hall–Kier alpha value is -1.07. The molecule has 1 aromatic heterocycles. The van der Waals surface area contributed by atoms with E-state index in [-0.39, 0.29) is 11.2 Å². The Bertz CT molecular complexity index is 544. The molecule has 0 radical (unpaired) electrons. The second-order valence-corrected chi connectivity index (χ2v) is 6.30. The summed E-state index contributed by atoms with van der Waals surface area (Å²) in [5.41, 5.74) is 0.181. The van der Waals surface area contributed by atoms with E-state index in [0.29, 0.717) is 29.7 Å². The lowest BCUT2D eigenvalue weighted by Gasteiger charge is -2.40. The first-order chi connectivity index (χ1) is 9.63. The molecular weight excluding hydrogens is 278 g/mol. The number of halogens is 1. The summed E-state index contributed by atoms with van der Waals surface area (Å²) >= 11 is 6.11. The number of anilines is 1. The molecule has 0 aromatic carbocycles. The zero-order valence-electron chi connectivity index (χ0n) is 11.7. The molecule has 0 spiro atoms. The Kier molecular flexibility index (Phi) is 3.73. The van der Waals surface area contributed by atoms with Crippen molar-refractivity contribution >= 4 is 17.3 Å². The fourth-order valence-corrected chi connectivity index (χ4v) is 2.77. The first-order valence-corrected chi connectivity index (χ1v) is 7.56. The second kappa shape index (κ2) is 5.37. The highest BCUT2D eigenvalue weighted by Crippen LogP contribution is 2.35. The summed E-state index contributed by atoms with van der Waals surface area (Å²) in [5.74, 6) is 0.603. The summed E-state index contributed by atoms with van der Waals surface area (Å²) in [5, 5.41) is 7.68. The summed E-state index contributed by atoms with van der Waals surface area (Å²) in [4.78, 5) is 12.4. The summed E-state index contributed by atoms with van der Waals surface area (Å²) in [7, 11) is 1.72. The third kappa shape index (κ3) is 2.69. The molecule has 2 saturated carbocycles. The van der Waals surface area contributed by atoms with Gasteiger partial charge >= 0.3 is 0 Å². The van der Waals surface area contributed by atoms with Crippen LogP contribution in [0.3, 0.4) is 0 Å². The van der Waals surface area contributed by atoms with Crippen LogP contribution in [0.2, 0.25) is 5.02 Å². The van der Waals surface area contributed by atoms with Crippen molar-refractivity contribution in [3.63, 3.8) is 0 Å². The monoisotopic (exact) mass is 297 g/mol. The topological polar surface area (TPSA) is 56.1 Å². The lowest BCUT2D eigenvalue weighted by atomic mass is 9.80. The third-order valence-electron chi connectivity index (χ3n) is 4.41. The van der Waals surface area contributed by atoms with Crippen molar-refractivity contribution in [2.24, 2.45) is 5.92 Å². The average molecular weight is 298 g/mol. The molecule has 1 heterocycles. The van der Waals surface area contributed by atoms with Gasteiger partial charge in [0.15, 0.2) is 0 Å². The van der Waals surface area contributed by atoms with Crippen molar-refractivity contribution in [3.05, 3.63) is 21.6 Å². The molecule has 0 saturated heterocycles. The molecule has 0 aliphatic heterocycles. The molecule has 0 amide bonds. The number of nitrogens with one attached hydrogen (secondary N) is 1. The van der Waals surface area contributed by atoms with Gasteiger partial charge in [0.2, 0.25) is 0 Å². The molecule has 20 heavy (non-hydrogen) atoms.